The summed E-state index contributed by atoms with van der Waals surface area (Å²) < 4.78 is 7.37. The maximum atomic E-state index is 5.84. The summed E-state index contributed by atoms with van der Waals surface area (Å²) in [6.45, 7) is 10.7. The third kappa shape index (κ3) is 4.00. The number of anilines is 1. The van der Waals surface area contributed by atoms with Gasteiger partial charge in [0.2, 0.25) is 0 Å². The van der Waals surface area contributed by atoms with Crippen molar-refractivity contribution in [2.75, 3.05) is 18.9 Å². The molecule has 0 radical (unpaired) electrons. The van der Waals surface area contributed by atoms with Crippen LogP contribution in [0, 0.1) is 0 Å². The maximum Gasteiger partial charge on any atom is 0.169 e. The number of rotatable bonds is 6. The zero-order valence-electron chi connectivity index (χ0n) is 11.4. The highest BCUT2D eigenvalue weighted by Gasteiger charge is 2.23. The van der Waals surface area contributed by atoms with Gasteiger partial charge in [0.05, 0.1) is 18.8 Å². The predicted molar refractivity (Wildman–Crippen MR) is 68.9 cm³/mol. The average Bonchev–Trinajstić information content (AvgIpc) is 2.59. The Kier molecular flexibility index (Phi) is 4.93. The molecule has 0 amide bonds. The van der Waals surface area contributed by atoms with Crippen molar-refractivity contribution in [3.63, 3.8) is 0 Å². The van der Waals surface area contributed by atoms with E-state index in [9.17, 15) is 0 Å². The van der Waals surface area contributed by atoms with Crippen molar-refractivity contribution in [2.24, 2.45) is 0 Å². The highest BCUT2D eigenvalue weighted by molar-refractivity contribution is 5.37. The van der Waals surface area contributed by atoms with Crippen LogP contribution >= 0.6 is 0 Å². The van der Waals surface area contributed by atoms with Gasteiger partial charge in [0, 0.05) is 12.0 Å². The van der Waals surface area contributed by atoms with E-state index in [-0.39, 0.29) is 5.41 Å². The molecule has 0 saturated heterocycles. The summed E-state index contributed by atoms with van der Waals surface area (Å²) >= 11 is 0. The van der Waals surface area contributed by atoms with Crippen LogP contribution in [0.25, 0.3) is 0 Å². The normalized spacial score (nSPS) is 12.0. The molecule has 17 heavy (non-hydrogen) atoms. The largest absolute Gasteiger partial charge is 0.381 e. The SMILES string of the molecule is CCCCOCCn1nnc(N)c1C(C)(C)C. The average molecular weight is 240 g/mol. The molecule has 0 aromatic carbocycles. The Hall–Kier alpha value is -1.10. The molecule has 1 heterocycles. The van der Waals surface area contributed by atoms with Crippen LogP contribution in [0.4, 0.5) is 5.82 Å². The standard InChI is InChI=1S/C12H24N4O/c1-5-6-8-17-9-7-16-10(12(2,3)4)11(13)14-15-16/h5-9,13H2,1-4H3. The van der Waals surface area contributed by atoms with E-state index in [1.54, 1.807) is 0 Å². The summed E-state index contributed by atoms with van der Waals surface area (Å²) in [7, 11) is 0. The van der Waals surface area contributed by atoms with Crippen molar-refractivity contribution >= 4 is 5.82 Å². The third-order valence-corrected chi connectivity index (χ3v) is 2.56. The van der Waals surface area contributed by atoms with Gasteiger partial charge >= 0.3 is 0 Å². The number of ether oxygens (including phenoxy) is 1. The van der Waals surface area contributed by atoms with E-state index in [0.29, 0.717) is 19.0 Å². The second-order valence-electron chi connectivity index (χ2n) is 5.26. The van der Waals surface area contributed by atoms with Crippen LogP contribution in [0.1, 0.15) is 46.2 Å². The molecule has 5 nitrogen and oxygen atoms in total. The van der Waals surface area contributed by atoms with Crippen molar-refractivity contribution in [2.45, 2.75) is 52.5 Å². The molecule has 5 heteroatoms. The van der Waals surface area contributed by atoms with Crippen LogP contribution in [0.2, 0.25) is 0 Å². The fraction of sp³-hybridized carbons (Fsp3) is 0.833. The first kappa shape index (κ1) is 14.0. The first-order valence-electron chi connectivity index (χ1n) is 6.24. The van der Waals surface area contributed by atoms with Gasteiger partial charge < -0.3 is 10.5 Å². The molecular formula is C12H24N4O. The molecule has 1 rings (SSSR count). The van der Waals surface area contributed by atoms with E-state index in [2.05, 4.69) is 38.0 Å². The molecule has 0 fully saturated rings. The van der Waals surface area contributed by atoms with E-state index in [0.717, 1.165) is 25.1 Å². The van der Waals surface area contributed by atoms with E-state index < -0.39 is 0 Å². The van der Waals surface area contributed by atoms with Crippen molar-refractivity contribution in [3.8, 4) is 0 Å². The number of unbranched alkanes of at least 4 members (excludes halogenated alkanes) is 1. The molecule has 1 aromatic heterocycles. The molecule has 0 bridgehead atoms. The molecule has 98 valence electrons. The maximum absolute atomic E-state index is 5.84. The smallest absolute Gasteiger partial charge is 0.169 e. The van der Waals surface area contributed by atoms with Crippen molar-refractivity contribution in [1.29, 1.82) is 0 Å². The van der Waals surface area contributed by atoms with Crippen LogP contribution < -0.4 is 5.73 Å². The Morgan fingerprint density at radius 1 is 1.29 bits per heavy atom. The first-order chi connectivity index (χ1) is 7.96. The lowest BCUT2D eigenvalue weighted by Gasteiger charge is -2.20. The number of hydrogen-bond donors (Lipinski definition) is 1. The molecule has 0 atom stereocenters. The number of aromatic nitrogens is 3. The molecular weight excluding hydrogens is 216 g/mol. The van der Waals surface area contributed by atoms with E-state index in [1.165, 1.54) is 0 Å². The van der Waals surface area contributed by atoms with Crippen LogP contribution in [-0.4, -0.2) is 28.2 Å². The van der Waals surface area contributed by atoms with Crippen molar-refractivity contribution in [1.82, 2.24) is 15.0 Å². The Morgan fingerprint density at radius 2 is 2.00 bits per heavy atom. The minimum atomic E-state index is -0.0446. The van der Waals surface area contributed by atoms with Crippen LogP contribution in [0.15, 0.2) is 0 Å². The van der Waals surface area contributed by atoms with Gasteiger partial charge in [-0.25, -0.2) is 4.68 Å². The van der Waals surface area contributed by atoms with Gasteiger partial charge in [0.25, 0.3) is 0 Å². The first-order valence-corrected chi connectivity index (χ1v) is 6.24. The molecule has 0 spiro atoms. The Labute approximate surface area is 103 Å². The third-order valence-electron chi connectivity index (χ3n) is 2.56. The van der Waals surface area contributed by atoms with E-state index in [4.69, 9.17) is 10.5 Å². The predicted octanol–water partition coefficient (Wildman–Crippen LogP) is 1.97. The fourth-order valence-electron chi connectivity index (χ4n) is 1.75. The molecule has 0 aliphatic rings. The molecule has 0 aliphatic carbocycles. The van der Waals surface area contributed by atoms with Gasteiger partial charge in [0.1, 0.15) is 0 Å². The summed E-state index contributed by atoms with van der Waals surface area (Å²) in [4.78, 5) is 0. The highest BCUT2D eigenvalue weighted by Crippen LogP contribution is 2.25. The topological polar surface area (TPSA) is 66.0 Å². The van der Waals surface area contributed by atoms with Crippen LogP contribution in [0.5, 0.6) is 0 Å². The number of nitrogens with zero attached hydrogens (tertiary/aromatic N) is 3. The van der Waals surface area contributed by atoms with Gasteiger partial charge in [-0.3, -0.25) is 0 Å². The summed E-state index contributed by atoms with van der Waals surface area (Å²) in [5.41, 5.74) is 6.78. The second kappa shape index (κ2) is 6.00. The monoisotopic (exact) mass is 240 g/mol. The summed E-state index contributed by atoms with van der Waals surface area (Å²) in [5, 5.41) is 7.99. The molecule has 2 N–H and O–H groups in total. The molecule has 0 unspecified atom stereocenters. The van der Waals surface area contributed by atoms with Crippen LogP contribution in [-0.2, 0) is 16.7 Å². The number of hydrogen-bond acceptors (Lipinski definition) is 4. The lowest BCUT2D eigenvalue weighted by Crippen LogP contribution is -2.21. The summed E-state index contributed by atoms with van der Waals surface area (Å²) in [5.74, 6) is 0.519. The lowest BCUT2D eigenvalue weighted by atomic mass is 9.92. The lowest BCUT2D eigenvalue weighted by molar-refractivity contribution is 0.119. The number of nitrogen functional groups attached to an aromatic ring is 1. The molecule has 0 aliphatic heterocycles. The van der Waals surface area contributed by atoms with Gasteiger partial charge in [0.15, 0.2) is 5.82 Å². The van der Waals surface area contributed by atoms with Gasteiger partial charge in [-0.1, -0.05) is 39.3 Å². The number of nitrogens with two attached hydrogens (primary N) is 1. The van der Waals surface area contributed by atoms with Gasteiger partial charge in [-0.2, -0.15) is 0 Å². The van der Waals surface area contributed by atoms with Crippen LogP contribution in [0.3, 0.4) is 0 Å². The Balaban J connectivity index is 2.54. The highest BCUT2D eigenvalue weighted by atomic mass is 16.5. The van der Waals surface area contributed by atoms with Gasteiger partial charge in [-0.15, -0.1) is 5.10 Å². The Morgan fingerprint density at radius 3 is 2.59 bits per heavy atom. The quantitative estimate of drug-likeness (QED) is 0.772. The van der Waals surface area contributed by atoms with Crippen molar-refractivity contribution < 1.29 is 4.74 Å². The van der Waals surface area contributed by atoms with Gasteiger partial charge in [-0.05, 0) is 6.42 Å². The molecule has 0 saturated carbocycles. The summed E-state index contributed by atoms with van der Waals surface area (Å²) in [6.07, 6.45) is 2.26. The molecule has 1 aromatic rings. The summed E-state index contributed by atoms with van der Waals surface area (Å²) in [6, 6.07) is 0. The fourth-order valence-corrected chi connectivity index (χ4v) is 1.75. The second-order valence-corrected chi connectivity index (χ2v) is 5.26. The Bertz CT molecular complexity index is 341. The van der Waals surface area contributed by atoms with Crippen molar-refractivity contribution in [3.05, 3.63) is 5.69 Å². The van der Waals surface area contributed by atoms with E-state index in [1.807, 2.05) is 4.68 Å². The van der Waals surface area contributed by atoms with E-state index >= 15 is 0 Å². The zero-order valence-corrected chi connectivity index (χ0v) is 11.4. The minimum absolute atomic E-state index is 0.0446. The zero-order chi connectivity index (χ0) is 12.9. The minimum Gasteiger partial charge on any atom is -0.381 e.